The first kappa shape index (κ1) is 15.3. The fourth-order valence-electron chi connectivity index (χ4n) is 2.87. The van der Waals surface area contributed by atoms with Gasteiger partial charge in [-0.05, 0) is 18.2 Å². The van der Waals surface area contributed by atoms with Gasteiger partial charge in [0.25, 0.3) is 0 Å². The van der Waals surface area contributed by atoms with Crippen LogP contribution in [0.5, 0.6) is 0 Å². The number of benzene rings is 1. The Labute approximate surface area is 134 Å². The summed E-state index contributed by atoms with van der Waals surface area (Å²) in [5.74, 6) is -0.0123. The molecule has 0 bridgehead atoms. The Hall–Kier alpha value is -2.63. The molecular weight excluding hydrogens is 292 g/mol. The summed E-state index contributed by atoms with van der Waals surface area (Å²) >= 11 is 0. The molecule has 2 heterocycles. The molecule has 0 spiro atoms. The zero-order valence-electron chi connectivity index (χ0n) is 14.0. The highest BCUT2D eigenvalue weighted by Gasteiger charge is 2.21. The number of aromatic carboxylic acids is 1. The molecule has 1 N–H and O–H groups in total. The summed E-state index contributed by atoms with van der Waals surface area (Å²) < 4.78 is 3.68. The van der Waals surface area contributed by atoms with Gasteiger partial charge in [0.1, 0.15) is 5.82 Å². The molecule has 0 saturated carbocycles. The van der Waals surface area contributed by atoms with Gasteiger partial charge in [-0.25, -0.2) is 9.78 Å². The van der Waals surface area contributed by atoms with Crippen LogP contribution in [0.4, 0.5) is 0 Å². The molecule has 2 aromatic heterocycles. The Balaban J connectivity index is 2.16. The molecule has 0 saturated heterocycles. The smallest absolute Gasteiger partial charge is 0.356 e. The number of carbonyl (C=O) groups is 1. The largest absolute Gasteiger partial charge is 0.476 e. The van der Waals surface area contributed by atoms with Crippen LogP contribution in [0.1, 0.15) is 37.1 Å². The highest BCUT2D eigenvalue weighted by atomic mass is 16.4. The summed E-state index contributed by atoms with van der Waals surface area (Å²) in [6, 6.07) is 7.55. The van der Waals surface area contributed by atoms with E-state index in [2.05, 4.69) is 30.4 Å². The van der Waals surface area contributed by atoms with Crippen molar-refractivity contribution in [3.63, 3.8) is 0 Å². The van der Waals surface area contributed by atoms with E-state index < -0.39 is 5.97 Å². The van der Waals surface area contributed by atoms with Crippen molar-refractivity contribution in [2.45, 2.75) is 26.2 Å². The second kappa shape index (κ2) is 4.94. The Kier molecular flexibility index (Phi) is 3.28. The number of rotatable bonds is 2. The molecule has 0 aliphatic carbocycles. The van der Waals surface area contributed by atoms with Gasteiger partial charge in [0, 0.05) is 25.1 Å². The van der Waals surface area contributed by atoms with Crippen LogP contribution in [0.3, 0.4) is 0 Å². The van der Waals surface area contributed by atoms with E-state index in [4.69, 9.17) is 10.1 Å². The summed E-state index contributed by atoms with van der Waals surface area (Å²) in [6.07, 6.45) is 0. The Bertz CT molecular complexity index is 913. The normalized spacial score (nSPS) is 12.0. The van der Waals surface area contributed by atoms with E-state index in [1.54, 1.807) is 17.8 Å². The molecule has 0 radical (unpaired) electrons. The zero-order chi connectivity index (χ0) is 16.9. The van der Waals surface area contributed by atoms with E-state index in [-0.39, 0.29) is 11.1 Å². The molecule has 3 aromatic rings. The van der Waals surface area contributed by atoms with Crippen molar-refractivity contribution in [2.75, 3.05) is 0 Å². The van der Waals surface area contributed by atoms with Crippen LogP contribution >= 0.6 is 0 Å². The average Bonchev–Trinajstić information content (AvgIpc) is 2.99. The summed E-state index contributed by atoms with van der Waals surface area (Å²) in [6.45, 7) is 6.40. The fraction of sp³-hybridized carbons (Fsp3) is 0.353. The van der Waals surface area contributed by atoms with Crippen molar-refractivity contribution >= 4 is 17.0 Å². The predicted molar refractivity (Wildman–Crippen MR) is 88.6 cm³/mol. The van der Waals surface area contributed by atoms with Gasteiger partial charge in [0.2, 0.25) is 0 Å². The van der Waals surface area contributed by atoms with Crippen molar-refractivity contribution in [2.24, 2.45) is 14.1 Å². The van der Waals surface area contributed by atoms with Gasteiger partial charge in [-0.1, -0.05) is 26.8 Å². The van der Waals surface area contributed by atoms with Gasteiger partial charge in [-0.2, -0.15) is 5.10 Å². The third-order valence-electron chi connectivity index (χ3n) is 3.95. The van der Waals surface area contributed by atoms with Gasteiger partial charge in [-0.15, -0.1) is 0 Å². The zero-order valence-corrected chi connectivity index (χ0v) is 14.0. The summed E-state index contributed by atoms with van der Waals surface area (Å²) in [7, 11) is 3.76. The van der Waals surface area contributed by atoms with E-state index in [1.165, 1.54) is 0 Å². The molecule has 0 atom stereocenters. The summed E-state index contributed by atoms with van der Waals surface area (Å²) in [5, 5.41) is 13.1. The number of nitrogens with zero attached hydrogens (tertiary/aromatic N) is 4. The minimum absolute atomic E-state index is 0.0407. The molecule has 6 nitrogen and oxygen atoms in total. The Morgan fingerprint density at radius 2 is 1.87 bits per heavy atom. The lowest BCUT2D eigenvalue weighted by Gasteiger charge is -2.17. The van der Waals surface area contributed by atoms with Gasteiger partial charge >= 0.3 is 5.97 Å². The lowest BCUT2D eigenvalue weighted by atomic mass is 9.96. The SMILES string of the molecule is Cn1nc(C(=O)O)cc1-c1ccc2c(c1)nc(C(C)(C)C)n2C. The first-order chi connectivity index (χ1) is 10.7. The first-order valence-electron chi connectivity index (χ1n) is 7.43. The number of imidazole rings is 1. The monoisotopic (exact) mass is 312 g/mol. The average molecular weight is 312 g/mol. The molecule has 6 heteroatoms. The minimum Gasteiger partial charge on any atom is -0.476 e. The minimum atomic E-state index is -1.03. The van der Waals surface area contributed by atoms with Crippen LogP contribution in [0.15, 0.2) is 24.3 Å². The van der Waals surface area contributed by atoms with Gasteiger partial charge in [0.15, 0.2) is 5.69 Å². The van der Waals surface area contributed by atoms with Crippen LogP contribution in [0.25, 0.3) is 22.3 Å². The van der Waals surface area contributed by atoms with Crippen LogP contribution in [0.2, 0.25) is 0 Å². The molecule has 0 aliphatic rings. The summed E-state index contributed by atoms with van der Waals surface area (Å²) in [4.78, 5) is 15.8. The van der Waals surface area contributed by atoms with Gasteiger partial charge in [-0.3, -0.25) is 4.68 Å². The highest BCUT2D eigenvalue weighted by molar-refractivity contribution is 5.88. The number of aryl methyl sites for hydroxylation is 2. The third-order valence-corrected chi connectivity index (χ3v) is 3.95. The summed E-state index contributed by atoms with van der Waals surface area (Å²) in [5.41, 5.74) is 3.61. The fourth-order valence-corrected chi connectivity index (χ4v) is 2.87. The Morgan fingerprint density at radius 1 is 1.17 bits per heavy atom. The first-order valence-corrected chi connectivity index (χ1v) is 7.43. The number of carboxylic acids is 1. The number of hydrogen-bond acceptors (Lipinski definition) is 3. The second-order valence-corrected chi connectivity index (χ2v) is 6.79. The molecule has 0 amide bonds. The van der Waals surface area contributed by atoms with Crippen LogP contribution < -0.4 is 0 Å². The maximum Gasteiger partial charge on any atom is 0.356 e. The van der Waals surface area contributed by atoms with Crippen LogP contribution in [-0.2, 0) is 19.5 Å². The van der Waals surface area contributed by atoms with Gasteiger partial charge < -0.3 is 9.67 Å². The highest BCUT2D eigenvalue weighted by Crippen LogP contribution is 2.29. The Morgan fingerprint density at radius 3 is 2.43 bits per heavy atom. The third kappa shape index (κ3) is 2.50. The molecule has 23 heavy (non-hydrogen) atoms. The second-order valence-electron chi connectivity index (χ2n) is 6.79. The van der Waals surface area contributed by atoms with Crippen molar-refractivity contribution in [3.8, 4) is 11.3 Å². The van der Waals surface area contributed by atoms with E-state index in [1.807, 2.05) is 25.2 Å². The molecule has 0 unspecified atom stereocenters. The number of fused-ring (bicyclic) bond motifs is 1. The van der Waals surface area contributed by atoms with E-state index in [0.29, 0.717) is 0 Å². The van der Waals surface area contributed by atoms with Gasteiger partial charge in [0.05, 0.1) is 16.7 Å². The molecule has 120 valence electrons. The van der Waals surface area contributed by atoms with E-state index in [9.17, 15) is 4.79 Å². The molecule has 0 fully saturated rings. The lowest BCUT2D eigenvalue weighted by molar-refractivity contribution is 0.0689. The van der Waals surface area contributed by atoms with Crippen molar-refractivity contribution in [1.82, 2.24) is 19.3 Å². The van der Waals surface area contributed by atoms with E-state index in [0.717, 1.165) is 28.1 Å². The van der Waals surface area contributed by atoms with E-state index >= 15 is 0 Å². The molecule has 1 aromatic carbocycles. The topological polar surface area (TPSA) is 72.9 Å². The molecule has 3 rings (SSSR count). The maximum absolute atomic E-state index is 11.1. The quantitative estimate of drug-likeness (QED) is 0.789. The lowest BCUT2D eigenvalue weighted by Crippen LogP contribution is -2.17. The van der Waals surface area contributed by atoms with Crippen LogP contribution in [-0.4, -0.2) is 30.4 Å². The van der Waals surface area contributed by atoms with Crippen molar-refractivity contribution in [3.05, 3.63) is 35.8 Å². The van der Waals surface area contributed by atoms with Crippen LogP contribution in [0, 0.1) is 0 Å². The van der Waals surface area contributed by atoms with Crippen molar-refractivity contribution in [1.29, 1.82) is 0 Å². The number of hydrogen-bond donors (Lipinski definition) is 1. The number of carboxylic acid groups (broad SMARTS) is 1. The maximum atomic E-state index is 11.1. The van der Waals surface area contributed by atoms with Crippen molar-refractivity contribution < 1.29 is 9.90 Å². The molecule has 0 aliphatic heterocycles. The predicted octanol–water partition coefficient (Wildman–Crippen LogP) is 2.97. The number of aromatic nitrogens is 4. The molecular formula is C17H20N4O2. The standard InChI is InChI=1S/C17H20N4O2/c1-17(2,3)16-18-11-8-10(6-7-13(11)20(16)4)14-9-12(15(22)23)19-21(14)5/h6-9H,1-5H3,(H,22,23).